The fourth-order valence-electron chi connectivity index (χ4n) is 1.30. The molecule has 9 nitrogen and oxygen atoms in total. The van der Waals surface area contributed by atoms with Gasteiger partial charge in [-0.2, -0.15) is 0 Å². The molecule has 0 bridgehead atoms. The van der Waals surface area contributed by atoms with Gasteiger partial charge in [0.1, 0.15) is 6.73 Å². The van der Waals surface area contributed by atoms with E-state index in [4.69, 9.17) is 14.5 Å². The Morgan fingerprint density at radius 1 is 1.47 bits per heavy atom. The first-order chi connectivity index (χ1) is 8.69. The second kappa shape index (κ2) is 6.27. The Morgan fingerprint density at radius 2 is 2.11 bits per heavy atom. The van der Waals surface area contributed by atoms with E-state index in [1.54, 1.807) is 0 Å². The van der Waals surface area contributed by atoms with Crippen molar-refractivity contribution in [3.05, 3.63) is 33.1 Å². The summed E-state index contributed by atoms with van der Waals surface area (Å²) >= 11 is 0. The van der Waals surface area contributed by atoms with E-state index in [9.17, 15) is 19.3 Å². The Hall–Kier alpha value is -1.25. The van der Waals surface area contributed by atoms with E-state index in [1.165, 1.54) is 13.1 Å². The molecule has 1 aromatic rings. The molecule has 2 atom stereocenters. The van der Waals surface area contributed by atoms with Crippen molar-refractivity contribution in [1.29, 1.82) is 0 Å². The van der Waals surface area contributed by atoms with Crippen molar-refractivity contribution in [3.63, 3.8) is 0 Å². The zero-order valence-electron chi connectivity index (χ0n) is 10.1. The molecule has 1 heterocycles. The van der Waals surface area contributed by atoms with Gasteiger partial charge in [-0.1, -0.05) is 0 Å². The zero-order chi connectivity index (χ0) is 14.6. The van der Waals surface area contributed by atoms with Crippen LogP contribution in [0.4, 0.5) is 0 Å². The van der Waals surface area contributed by atoms with Crippen LogP contribution in [0.3, 0.4) is 0 Å². The summed E-state index contributed by atoms with van der Waals surface area (Å²) in [7, 11) is -4.35. The lowest BCUT2D eigenvalue weighted by atomic mass is 10.2. The largest absolute Gasteiger partial charge is 0.391 e. The van der Waals surface area contributed by atoms with Crippen LogP contribution in [0.5, 0.6) is 0 Å². The maximum atomic E-state index is 11.3. The summed E-state index contributed by atoms with van der Waals surface area (Å²) in [5.74, 6) is 0. The molecular formula is C9H15N2O7P. The summed E-state index contributed by atoms with van der Waals surface area (Å²) in [4.78, 5) is 41.8. The molecule has 0 aliphatic rings. The van der Waals surface area contributed by atoms with Crippen LogP contribution >= 0.6 is 7.60 Å². The van der Waals surface area contributed by atoms with Crippen molar-refractivity contribution in [2.75, 3.05) is 6.16 Å². The van der Waals surface area contributed by atoms with E-state index < -0.39 is 37.2 Å². The Balaban J connectivity index is 2.74. The second-order valence-electron chi connectivity index (χ2n) is 4.00. The molecule has 0 aromatic carbocycles. The first kappa shape index (κ1) is 15.8. The van der Waals surface area contributed by atoms with Crippen molar-refractivity contribution < 1.29 is 24.2 Å². The molecule has 1 aromatic heterocycles. The number of nitrogens with zero attached hydrogens (tertiary/aromatic N) is 1. The number of H-pyrrole nitrogens is 1. The molecule has 0 amide bonds. The summed E-state index contributed by atoms with van der Waals surface area (Å²) in [5, 5.41) is 9.35. The quantitative estimate of drug-likeness (QED) is 0.465. The molecule has 4 N–H and O–H groups in total. The van der Waals surface area contributed by atoms with Gasteiger partial charge in [-0.15, -0.1) is 0 Å². The third-order valence-corrected chi connectivity index (χ3v) is 3.12. The number of aliphatic hydroxyl groups is 1. The first-order valence-corrected chi connectivity index (χ1v) is 7.13. The lowest BCUT2D eigenvalue weighted by Gasteiger charge is -2.21. The number of nitrogens with one attached hydrogen (secondary N) is 1. The number of ether oxygens (including phenoxy) is 1. The fourth-order valence-corrected chi connectivity index (χ4v) is 2.18. The van der Waals surface area contributed by atoms with Gasteiger partial charge in [-0.3, -0.25) is 18.9 Å². The molecule has 0 unspecified atom stereocenters. The van der Waals surface area contributed by atoms with Crippen molar-refractivity contribution in [2.24, 2.45) is 0 Å². The van der Waals surface area contributed by atoms with Crippen LogP contribution in [0.2, 0.25) is 0 Å². The third-order valence-electron chi connectivity index (χ3n) is 2.28. The summed E-state index contributed by atoms with van der Waals surface area (Å²) < 4.78 is 16.9. The van der Waals surface area contributed by atoms with Gasteiger partial charge in [0, 0.05) is 12.3 Å². The molecule has 1 rings (SSSR count). The van der Waals surface area contributed by atoms with E-state index in [-0.39, 0.29) is 6.73 Å². The molecule has 10 heteroatoms. The molecule has 0 fully saturated rings. The van der Waals surface area contributed by atoms with Crippen molar-refractivity contribution in [2.45, 2.75) is 25.9 Å². The van der Waals surface area contributed by atoms with Crippen LogP contribution in [-0.4, -0.2) is 42.8 Å². The van der Waals surface area contributed by atoms with E-state index in [1.807, 2.05) is 4.98 Å². The van der Waals surface area contributed by atoms with Crippen LogP contribution < -0.4 is 11.2 Å². The van der Waals surface area contributed by atoms with Gasteiger partial charge in [-0.05, 0) is 6.92 Å². The maximum Gasteiger partial charge on any atom is 0.330 e. The minimum Gasteiger partial charge on any atom is -0.391 e. The molecule has 108 valence electrons. The SMILES string of the molecule is C[C@H](O)[C@@H](CP(=O)(O)O)OCn1ccc(=O)[nH]c1=O. The Bertz CT molecular complexity index is 572. The number of hydrogen-bond acceptors (Lipinski definition) is 5. The van der Waals surface area contributed by atoms with E-state index in [0.29, 0.717) is 0 Å². The highest BCUT2D eigenvalue weighted by molar-refractivity contribution is 7.51. The van der Waals surface area contributed by atoms with Gasteiger partial charge in [-0.25, -0.2) is 4.79 Å². The highest BCUT2D eigenvalue weighted by atomic mass is 31.2. The molecule has 0 saturated heterocycles. The Kier molecular flexibility index (Phi) is 5.21. The Labute approximate surface area is 107 Å². The van der Waals surface area contributed by atoms with Gasteiger partial charge < -0.3 is 19.6 Å². The molecule has 0 spiro atoms. The van der Waals surface area contributed by atoms with Gasteiger partial charge in [0.05, 0.1) is 18.4 Å². The minimum absolute atomic E-state index is 0.342. The highest BCUT2D eigenvalue weighted by Crippen LogP contribution is 2.36. The highest BCUT2D eigenvalue weighted by Gasteiger charge is 2.26. The Morgan fingerprint density at radius 3 is 2.58 bits per heavy atom. The third kappa shape index (κ3) is 5.50. The molecule has 0 aliphatic carbocycles. The molecule has 19 heavy (non-hydrogen) atoms. The summed E-state index contributed by atoms with van der Waals surface area (Å²) in [6.07, 6.45) is -1.73. The number of aliphatic hydroxyl groups excluding tert-OH is 1. The molecular weight excluding hydrogens is 279 g/mol. The van der Waals surface area contributed by atoms with Crippen LogP contribution in [0.25, 0.3) is 0 Å². The summed E-state index contributed by atoms with van der Waals surface area (Å²) in [5.41, 5.74) is -1.28. The van der Waals surface area contributed by atoms with Crippen molar-refractivity contribution >= 4 is 7.60 Å². The number of hydrogen-bond donors (Lipinski definition) is 4. The fraction of sp³-hybridized carbons (Fsp3) is 0.556. The van der Waals surface area contributed by atoms with Gasteiger partial charge in [0.25, 0.3) is 5.56 Å². The number of aromatic amines is 1. The maximum absolute atomic E-state index is 11.3. The van der Waals surface area contributed by atoms with Gasteiger partial charge in [0.2, 0.25) is 0 Å². The zero-order valence-corrected chi connectivity index (χ0v) is 11.0. The van der Waals surface area contributed by atoms with Crippen LogP contribution in [-0.2, 0) is 16.0 Å². The summed E-state index contributed by atoms with van der Waals surface area (Å²) in [6.45, 7) is 0.973. The average molecular weight is 294 g/mol. The van der Waals surface area contributed by atoms with E-state index in [0.717, 1.165) is 10.6 Å². The van der Waals surface area contributed by atoms with Crippen LogP contribution in [0.15, 0.2) is 21.9 Å². The smallest absolute Gasteiger partial charge is 0.330 e. The lowest BCUT2D eigenvalue weighted by Crippen LogP contribution is -2.34. The predicted molar refractivity (Wildman–Crippen MR) is 64.8 cm³/mol. The summed E-state index contributed by atoms with van der Waals surface area (Å²) in [6, 6.07) is 1.10. The van der Waals surface area contributed by atoms with Crippen molar-refractivity contribution in [1.82, 2.24) is 9.55 Å². The topological polar surface area (TPSA) is 142 Å². The van der Waals surface area contributed by atoms with Gasteiger partial charge in [0.15, 0.2) is 0 Å². The lowest BCUT2D eigenvalue weighted by molar-refractivity contribution is -0.0494. The number of rotatable bonds is 6. The molecule has 0 radical (unpaired) electrons. The monoisotopic (exact) mass is 294 g/mol. The van der Waals surface area contributed by atoms with E-state index in [2.05, 4.69) is 0 Å². The van der Waals surface area contributed by atoms with Crippen molar-refractivity contribution in [3.8, 4) is 0 Å². The van der Waals surface area contributed by atoms with Gasteiger partial charge >= 0.3 is 13.3 Å². The van der Waals surface area contributed by atoms with E-state index >= 15 is 0 Å². The molecule has 0 saturated carbocycles. The predicted octanol–water partition coefficient (Wildman–Crippen LogP) is -1.56. The first-order valence-electron chi connectivity index (χ1n) is 5.33. The second-order valence-corrected chi connectivity index (χ2v) is 5.70. The molecule has 0 aliphatic heterocycles. The van der Waals surface area contributed by atoms with Crippen LogP contribution in [0, 0.1) is 0 Å². The normalized spacial score (nSPS) is 15.2. The minimum atomic E-state index is -4.35. The average Bonchev–Trinajstić information content (AvgIpc) is 2.24. The number of aromatic nitrogens is 2. The standard InChI is InChI=1S/C9H15N2O7P/c1-6(12)7(4-19(15,16)17)18-5-11-3-2-8(13)10-9(11)14/h2-3,6-7,12H,4-5H2,1H3,(H,10,13,14)(H2,15,16,17)/t6-,7+/m0/s1. The van der Waals surface area contributed by atoms with Crippen LogP contribution in [0.1, 0.15) is 6.92 Å².